The van der Waals surface area contributed by atoms with Gasteiger partial charge < -0.3 is 15.4 Å². The van der Waals surface area contributed by atoms with Crippen molar-refractivity contribution in [2.24, 2.45) is 0 Å². The molecule has 1 aromatic heterocycles. The summed E-state index contributed by atoms with van der Waals surface area (Å²) in [6, 6.07) is 9.81. The molecule has 0 fully saturated rings. The second-order valence-corrected chi connectivity index (χ2v) is 6.78. The molecular weight excluding hydrogens is 414 g/mol. The summed E-state index contributed by atoms with van der Waals surface area (Å²) in [5.74, 6) is -0.872. The first kappa shape index (κ1) is 22.1. The van der Waals surface area contributed by atoms with Crippen molar-refractivity contribution in [3.05, 3.63) is 76.7 Å². The Labute approximate surface area is 176 Å². The number of nitrogens with one attached hydrogen (secondary N) is 2. The van der Waals surface area contributed by atoms with E-state index in [0.717, 1.165) is 12.1 Å². The van der Waals surface area contributed by atoms with E-state index in [0.29, 0.717) is 28.5 Å². The molecule has 1 amide bonds. The van der Waals surface area contributed by atoms with Crippen molar-refractivity contribution in [1.82, 2.24) is 4.98 Å². The highest BCUT2D eigenvalue weighted by molar-refractivity contribution is 6.08. The molecule has 5 nitrogen and oxygen atoms in total. The lowest BCUT2D eigenvalue weighted by atomic mass is 10.1. The number of benzene rings is 2. The molecule has 0 radical (unpaired) electrons. The van der Waals surface area contributed by atoms with Crippen LogP contribution < -0.4 is 15.4 Å². The van der Waals surface area contributed by atoms with E-state index in [1.807, 2.05) is 0 Å². The number of amides is 1. The van der Waals surface area contributed by atoms with E-state index in [9.17, 15) is 22.4 Å². The van der Waals surface area contributed by atoms with Crippen LogP contribution in [0.3, 0.4) is 0 Å². The van der Waals surface area contributed by atoms with Gasteiger partial charge in [0.15, 0.2) is 0 Å². The topological polar surface area (TPSA) is 63.2 Å². The van der Waals surface area contributed by atoms with Crippen LogP contribution in [0.25, 0.3) is 0 Å². The average Bonchev–Trinajstić information content (AvgIpc) is 2.70. The van der Waals surface area contributed by atoms with E-state index in [-0.39, 0.29) is 11.3 Å². The van der Waals surface area contributed by atoms with Crippen molar-refractivity contribution < 1.29 is 27.1 Å². The molecule has 0 aliphatic heterocycles. The molecule has 2 aromatic carbocycles. The SMILES string of the molecule is COc1ccc(NC(=O)c2cc(C(F)(F)F)ccc2Nc2ccc(F)cc2C)c(C)n1. The lowest BCUT2D eigenvalue weighted by molar-refractivity contribution is -0.137. The first-order valence-corrected chi connectivity index (χ1v) is 9.16. The Bertz CT molecular complexity index is 1130. The Morgan fingerprint density at radius 1 is 0.968 bits per heavy atom. The molecule has 0 bridgehead atoms. The molecule has 3 rings (SSSR count). The number of carbonyl (C=O) groups is 1. The molecule has 0 aliphatic rings. The Balaban J connectivity index is 2.00. The number of halogens is 4. The molecule has 0 spiro atoms. The fourth-order valence-electron chi connectivity index (χ4n) is 2.90. The molecule has 0 saturated heterocycles. The number of aromatic nitrogens is 1. The number of nitrogens with zero attached hydrogens (tertiary/aromatic N) is 1. The van der Waals surface area contributed by atoms with Crippen molar-refractivity contribution >= 4 is 23.0 Å². The van der Waals surface area contributed by atoms with E-state index in [1.54, 1.807) is 19.9 Å². The summed E-state index contributed by atoms with van der Waals surface area (Å²) in [4.78, 5) is 17.0. The van der Waals surface area contributed by atoms with Crippen LogP contribution in [0, 0.1) is 19.7 Å². The first-order chi connectivity index (χ1) is 14.6. The summed E-state index contributed by atoms with van der Waals surface area (Å²) in [5, 5.41) is 5.50. The van der Waals surface area contributed by atoms with Crippen LogP contribution >= 0.6 is 0 Å². The number of rotatable bonds is 5. The maximum Gasteiger partial charge on any atom is 0.416 e. The van der Waals surface area contributed by atoms with Crippen molar-refractivity contribution in [2.75, 3.05) is 17.7 Å². The minimum atomic E-state index is -4.63. The number of aryl methyl sites for hydroxylation is 2. The van der Waals surface area contributed by atoms with E-state index in [1.165, 1.54) is 37.4 Å². The number of hydrogen-bond acceptors (Lipinski definition) is 4. The van der Waals surface area contributed by atoms with Gasteiger partial charge >= 0.3 is 6.18 Å². The van der Waals surface area contributed by atoms with Gasteiger partial charge in [0.05, 0.1) is 35.3 Å². The van der Waals surface area contributed by atoms with E-state index in [2.05, 4.69) is 15.6 Å². The molecule has 0 saturated carbocycles. The molecule has 0 unspecified atom stereocenters. The predicted octanol–water partition coefficient (Wildman–Crippen LogP) is 5.86. The third-order valence-corrected chi connectivity index (χ3v) is 4.57. The van der Waals surface area contributed by atoms with Gasteiger partial charge in [-0.3, -0.25) is 4.79 Å². The highest BCUT2D eigenvalue weighted by atomic mass is 19.4. The van der Waals surface area contributed by atoms with E-state index >= 15 is 0 Å². The second-order valence-electron chi connectivity index (χ2n) is 6.78. The van der Waals surface area contributed by atoms with Gasteiger partial charge in [-0.25, -0.2) is 9.37 Å². The van der Waals surface area contributed by atoms with Gasteiger partial charge in [-0.1, -0.05) is 0 Å². The fourth-order valence-corrected chi connectivity index (χ4v) is 2.90. The molecule has 0 aliphatic carbocycles. The van der Waals surface area contributed by atoms with Gasteiger partial charge in [-0.15, -0.1) is 0 Å². The standard InChI is InChI=1S/C22H19F4N3O2/c1-12-10-15(23)5-7-17(12)28-19-6-4-14(22(24,25)26)11-16(19)21(30)29-18-8-9-20(31-3)27-13(18)2/h4-11,28H,1-3H3,(H,29,30). The van der Waals surface area contributed by atoms with E-state index < -0.39 is 23.5 Å². The number of ether oxygens (including phenoxy) is 1. The summed E-state index contributed by atoms with van der Waals surface area (Å²) < 4.78 is 58.2. The molecular formula is C22H19F4N3O2. The van der Waals surface area contributed by atoms with Crippen LogP contribution in [-0.4, -0.2) is 18.0 Å². The van der Waals surface area contributed by atoms with Crippen molar-refractivity contribution in [2.45, 2.75) is 20.0 Å². The molecule has 3 aromatic rings. The largest absolute Gasteiger partial charge is 0.481 e. The Hall–Kier alpha value is -3.62. The quantitative estimate of drug-likeness (QED) is 0.495. The van der Waals surface area contributed by atoms with Crippen LogP contribution in [0.15, 0.2) is 48.5 Å². The monoisotopic (exact) mass is 433 g/mol. The van der Waals surface area contributed by atoms with Crippen molar-refractivity contribution in [3.63, 3.8) is 0 Å². The first-order valence-electron chi connectivity index (χ1n) is 9.16. The number of pyridine rings is 1. The number of carbonyl (C=O) groups excluding carboxylic acids is 1. The van der Waals surface area contributed by atoms with Gasteiger partial charge in [0.2, 0.25) is 5.88 Å². The highest BCUT2D eigenvalue weighted by Crippen LogP contribution is 2.34. The van der Waals surface area contributed by atoms with E-state index in [4.69, 9.17) is 4.74 Å². The average molecular weight is 433 g/mol. The number of methoxy groups -OCH3 is 1. The maximum atomic E-state index is 13.4. The molecule has 31 heavy (non-hydrogen) atoms. The maximum absolute atomic E-state index is 13.4. The molecule has 162 valence electrons. The lowest BCUT2D eigenvalue weighted by Crippen LogP contribution is -2.17. The summed E-state index contributed by atoms with van der Waals surface area (Å²) >= 11 is 0. The van der Waals surface area contributed by atoms with Gasteiger partial charge in [0.1, 0.15) is 5.82 Å². The number of alkyl halides is 3. The van der Waals surface area contributed by atoms with Crippen molar-refractivity contribution in [1.29, 1.82) is 0 Å². The summed E-state index contributed by atoms with van der Waals surface area (Å²) in [6.07, 6.45) is -4.63. The third kappa shape index (κ3) is 5.11. The van der Waals surface area contributed by atoms with Crippen molar-refractivity contribution in [3.8, 4) is 5.88 Å². The lowest BCUT2D eigenvalue weighted by Gasteiger charge is -2.17. The second kappa shape index (κ2) is 8.63. The zero-order valence-corrected chi connectivity index (χ0v) is 16.9. The van der Waals surface area contributed by atoms with Crippen LogP contribution in [0.4, 0.5) is 34.6 Å². The normalized spacial score (nSPS) is 11.2. The zero-order valence-electron chi connectivity index (χ0n) is 16.9. The smallest absolute Gasteiger partial charge is 0.416 e. The predicted molar refractivity (Wildman–Crippen MR) is 109 cm³/mol. The van der Waals surface area contributed by atoms with Gasteiger partial charge in [-0.2, -0.15) is 13.2 Å². The van der Waals surface area contributed by atoms with Crippen LogP contribution in [0.5, 0.6) is 5.88 Å². The summed E-state index contributed by atoms with van der Waals surface area (Å²) in [7, 11) is 1.44. The van der Waals surface area contributed by atoms with Gasteiger partial charge in [-0.05, 0) is 61.9 Å². The minimum absolute atomic E-state index is 0.138. The Morgan fingerprint density at radius 3 is 2.26 bits per heavy atom. The fraction of sp³-hybridized carbons (Fsp3) is 0.182. The zero-order chi connectivity index (χ0) is 22.8. The third-order valence-electron chi connectivity index (χ3n) is 4.57. The summed E-state index contributed by atoms with van der Waals surface area (Å²) in [5.41, 5.74) is 0.686. The van der Waals surface area contributed by atoms with Gasteiger partial charge in [0.25, 0.3) is 5.91 Å². The molecule has 1 heterocycles. The molecule has 0 atom stereocenters. The summed E-state index contributed by atoms with van der Waals surface area (Å²) in [6.45, 7) is 3.27. The molecule has 2 N–H and O–H groups in total. The van der Waals surface area contributed by atoms with Crippen LogP contribution in [0.1, 0.15) is 27.2 Å². The minimum Gasteiger partial charge on any atom is -0.481 e. The van der Waals surface area contributed by atoms with Crippen LogP contribution in [0.2, 0.25) is 0 Å². The van der Waals surface area contributed by atoms with Gasteiger partial charge in [0, 0.05) is 11.8 Å². The Kier molecular flexibility index (Phi) is 6.14. The van der Waals surface area contributed by atoms with Crippen LogP contribution in [-0.2, 0) is 6.18 Å². The number of hydrogen-bond donors (Lipinski definition) is 2. The highest BCUT2D eigenvalue weighted by Gasteiger charge is 2.32. The number of anilines is 3. The molecule has 9 heteroatoms. The Morgan fingerprint density at radius 2 is 1.65 bits per heavy atom.